The molecule has 2 fully saturated rings. The van der Waals surface area contributed by atoms with Crippen molar-refractivity contribution in [2.24, 2.45) is 11.8 Å². The average molecular weight is 269 g/mol. The third-order valence-electron chi connectivity index (χ3n) is 4.62. The Labute approximate surface area is 117 Å². The minimum absolute atomic E-state index is 0.128. The quantitative estimate of drug-likeness (QED) is 0.816. The van der Waals surface area contributed by atoms with Crippen LogP contribution in [-0.4, -0.2) is 49.8 Å². The zero-order valence-electron chi connectivity index (χ0n) is 12.7. The third-order valence-corrected chi connectivity index (χ3v) is 4.62. The largest absolute Gasteiger partial charge is 0.450 e. The van der Waals surface area contributed by atoms with Gasteiger partial charge < -0.3 is 14.5 Å². The summed E-state index contributed by atoms with van der Waals surface area (Å²) in [7, 11) is 0. The minimum atomic E-state index is -0.128. The van der Waals surface area contributed by atoms with Gasteiger partial charge in [0, 0.05) is 37.8 Å². The number of likely N-dealkylation sites (tertiary alicyclic amines) is 2. The average Bonchev–Trinajstić information content (AvgIpc) is 2.38. The van der Waals surface area contributed by atoms with E-state index >= 15 is 0 Å². The molecule has 1 amide bonds. The number of piperidine rings is 2. The van der Waals surface area contributed by atoms with Crippen LogP contribution in [0.25, 0.3) is 0 Å². The van der Waals surface area contributed by atoms with Crippen molar-refractivity contribution in [3.63, 3.8) is 0 Å². The molecule has 2 atom stereocenters. The van der Waals surface area contributed by atoms with Crippen molar-refractivity contribution < 1.29 is 14.4 Å². The molecule has 0 aromatic heterocycles. The van der Waals surface area contributed by atoms with E-state index in [9.17, 15) is 4.79 Å². The van der Waals surface area contributed by atoms with Crippen LogP contribution in [0.2, 0.25) is 0 Å². The summed E-state index contributed by atoms with van der Waals surface area (Å²) in [6.07, 6.45) is 3.52. The Morgan fingerprint density at radius 1 is 1.21 bits per heavy atom. The Bertz CT molecular complexity index is 291. The van der Waals surface area contributed by atoms with Crippen molar-refractivity contribution in [3.05, 3.63) is 0 Å². The number of ether oxygens (including phenoxy) is 1. The molecule has 19 heavy (non-hydrogen) atoms. The summed E-state index contributed by atoms with van der Waals surface area (Å²) in [4.78, 5) is 15.3. The van der Waals surface area contributed by atoms with Crippen molar-refractivity contribution in [1.29, 1.82) is 0 Å². The second-order valence-electron chi connectivity index (χ2n) is 6.47. The lowest BCUT2D eigenvalue weighted by atomic mass is 9.89. The number of nitrogens with zero attached hydrogens (tertiary/aromatic N) is 1. The maximum absolute atomic E-state index is 11.7. The zero-order chi connectivity index (χ0) is 13.8. The van der Waals surface area contributed by atoms with E-state index in [0.29, 0.717) is 6.61 Å². The Balaban J connectivity index is 1.81. The minimum Gasteiger partial charge on any atom is -0.450 e. The summed E-state index contributed by atoms with van der Waals surface area (Å²) >= 11 is 0. The number of hydrogen-bond donors (Lipinski definition) is 1. The van der Waals surface area contributed by atoms with Gasteiger partial charge in [0.25, 0.3) is 0 Å². The van der Waals surface area contributed by atoms with Gasteiger partial charge in [0.2, 0.25) is 0 Å². The van der Waals surface area contributed by atoms with Crippen LogP contribution in [-0.2, 0) is 4.74 Å². The van der Waals surface area contributed by atoms with Crippen LogP contribution in [0.4, 0.5) is 4.79 Å². The van der Waals surface area contributed by atoms with E-state index in [4.69, 9.17) is 4.74 Å². The molecule has 0 radical (unpaired) electrons. The van der Waals surface area contributed by atoms with Gasteiger partial charge in [-0.3, -0.25) is 0 Å². The van der Waals surface area contributed by atoms with Crippen LogP contribution in [0.1, 0.15) is 40.0 Å². The fourth-order valence-electron chi connectivity index (χ4n) is 3.85. The molecule has 2 heterocycles. The van der Waals surface area contributed by atoms with Gasteiger partial charge in [0.05, 0.1) is 25.7 Å². The lowest BCUT2D eigenvalue weighted by Gasteiger charge is -2.40. The highest BCUT2D eigenvalue weighted by molar-refractivity contribution is 5.67. The summed E-state index contributed by atoms with van der Waals surface area (Å²) in [6.45, 7) is 11.5. The molecule has 110 valence electrons. The Kier molecular flexibility index (Phi) is 5.08. The molecule has 0 spiro atoms. The highest BCUT2D eigenvalue weighted by Gasteiger charge is 2.34. The normalized spacial score (nSPS) is 33.2. The predicted molar refractivity (Wildman–Crippen MR) is 75.3 cm³/mol. The molecule has 1 N–H and O–H groups in total. The highest BCUT2D eigenvalue weighted by Crippen LogP contribution is 2.15. The highest BCUT2D eigenvalue weighted by atomic mass is 16.6. The molecule has 0 saturated carbocycles. The van der Waals surface area contributed by atoms with Crippen LogP contribution in [0.15, 0.2) is 0 Å². The molecule has 2 aliphatic rings. The first-order valence-corrected chi connectivity index (χ1v) is 7.86. The van der Waals surface area contributed by atoms with Gasteiger partial charge >= 0.3 is 6.09 Å². The monoisotopic (exact) mass is 269 g/mol. The summed E-state index contributed by atoms with van der Waals surface area (Å²) in [5, 5.41) is 0. The van der Waals surface area contributed by atoms with Gasteiger partial charge in [-0.25, -0.2) is 4.79 Å². The van der Waals surface area contributed by atoms with E-state index in [0.717, 1.165) is 43.8 Å². The maximum Gasteiger partial charge on any atom is 0.409 e. The van der Waals surface area contributed by atoms with Crippen LogP contribution in [0.3, 0.4) is 0 Å². The number of nitrogens with one attached hydrogen (secondary N) is 1. The smallest absolute Gasteiger partial charge is 0.409 e. The molecular formula is C15H29N2O2+. The number of quaternary nitrogens is 1. The molecule has 0 aliphatic carbocycles. The van der Waals surface area contributed by atoms with Crippen molar-refractivity contribution in [2.75, 3.05) is 32.8 Å². The SMILES string of the molecule is CCOC(=O)N1CCC([NH+]2C[C@H](C)C[C@@H](C)C2)CC1. The van der Waals surface area contributed by atoms with E-state index in [2.05, 4.69) is 13.8 Å². The number of carbonyl (C=O) groups is 1. The van der Waals surface area contributed by atoms with Crippen molar-refractivity contribution in [2.45, 2.75) is 46.1 Å². The fraction of sp³-hybridized carbons (Fsp3) is 0.933. The van der Waals surface area contributed by atoms with Gasteiger partial charge in [0.1, 0.15) is 0 Å². The van der Waals surface area contributed by atoms with E-state index in [1.54, 1.807) is 4.90 Å². The van der Waals surface area contributed by atoms with E-state index in [1.807, 2.05) is 11.8 Å². The number of hydrogen-bond acceptors (Lipinski definition) is 2. The molecule has 2 saturated heterocycles. The molecule has 4 heteroatoms. The van der Waals surface area contributed by atoms with Crippen molar-refractivity contribution in [3.8, 4) is 0 Å². The second kappa shape index (κ2) is 6.60. The maximum atomic E-state index is 11.7. The third kappa shape index (κ3) is 3.85. The van der Waals surface area contributed by atoms with Crippen molar-refractivity contribution in [1.82, 2.24) is 4.90 Å². The van der Waals surface area contributed by atoms with E-state index < -0.39 is 0 Å². The van der Waals surface area contributed by atoms with Crippen LogP contribution in [0, 0.1) is 11.8 Å². The van der Waals surface area contributed by atoms with Gasteiger partial charge in [-0.2, -0.15) is 0 Å². The zero-order valence-corrected chi connectivity index (χ0v) is 12.7. The molecule has 2 rings (SSSR count). The number of carbonyl (C=O) groups excluding carboxylic acids is 1. The lowest BCUT2D eigenvalue weighted by Crippen LogP contribution is -3.18. The van der Waals surface area contributed by atoms with Crippen LogP contribution < -0.4 is 4.90 Å². The Morgan fingerprint density at radius 2 is 1.79 bits per heavy atom. The number of amides is 1. The molecule has 0 bridgehead atoms. The van der Waals surface area contributed by atoms with E-state index in [1.165, 1.54) is 19.5 Å². The molecular weight excluding hydrogens is 240 g/mol. The first kappa shape index (κ1) is 14.6. The summed E-state index contributed by atoms with van der Waals surface area (Å²) in [5.74, 6) is 1.70. The Morgan fingerprint density at radius 3 is 2.32 bits per heavy atom. The molecule has 0 aromatic carbocycles. The summed E-state index contributed by atoms with van der Waals surface area (Å²) in [6, 6.07) is 0.746. The van der Waals surface area contributed by atoms with Gasteiger partial charge in [-0.05, 0) is 13.3 Å². The first-order valence-electron chi connectivity index (χ1n) is 7.86. The van der Waals surface area contributed by atoms with E-state index in [-0.39, 0.29) is 6.09 Å². The van der Waals surface area contributed by atoms with Crippen molar-refractivity contribution >= 4 is 6.09 Å². The summed E-state index contributed by atoms with van der Waals surface area (Å²) in [5.41, 5.74) is 0. The van der Waals surface area contributed by atoms with Gasteiger partial charge in [-0.15, -0.1) is 0 Å². The standard InChI is InChI=1S/C15H28N2O2/c1-4-19-15(18)16-7-5-14(6-8-16)17-10-12(2)9-13(3)11-17/h12-14H,4-11H2,1-3H3/p+1/t12-,13-/m1/s1. The molecule has 4 nitrogen and oxygen atoms in total. The fourth-order valence-corrected chi connectivity index (χ4v) is 3.85. The second-order valence-corrected chi connectivity index (χ2v) is 6.47. The lowest BCUT2D eigenvalue weighted by molar-refractivity contribution is -0.938. The van der Waals surface area contributed by atoms with Gasteiger partial charge in [-0.1, -0.05) is 13.8 Å². The first-order chi connectivity index (χ1) is 9.10. The van der Waals surface area contributed by atoms with Gasteiger partial charge in [0.15, 0.2) is 0 Å². The molecule has 0 unspecified atom stereocenters. The molecule has 2 aliphatic heterocycles. The van der Waals surface area contributed by atoms with Crippen LogP contribution >= 0.6 is 0 Å². The summed E-state index contributed by atoms with van der Waals surface area (Å²) < 4.78 is 5.08. The topological polar surface area (TPSA) is 34.0 Å². The molecule has 0 aromatic rings. The number of rotatable bonds is 2. The Hall–Kier alpha value is -0.770. The van der Waals surface area contributed by atoms with Crippen LogP contribution in [0.5, 0.6) is 0 Å². The predicted octanol–water partition coefficient (Wildman–Crippen LogP) is 1.17.